The molecule has 1 aliphatic rings. The highest BCUT2D eigenvalue weighted by Crippen LogP contribution is 2.31. The van der Waals surface area contributed by atoms with Crippen molar-refractivity contribution in [3.05, 3.63) is 54.2 Å². The van der Waals surface area contributed by atoms with Gasteiger partial charge in [-0.1, -0.05) is 11.3 Å². The number of carbonyl (C=O) groups is 2. The number of halogens is 1. The van der Waals surface area contributed by atoms with E-state index in [2.05, 4.69) is 15.3 Å². The van der Waals surface area contributed by atoms with Crippen LogP contribution in [0.2, 0.25) is 0 Å². The molecule has 0 spiro atoms. The summed E-state index contributed by atoms with van der Waals surface area (Å²) < 4.78 is 20.5. The van der Waals surface area contributed by atoms with Gasteiger partial charge < -0.3 is 19.8 Å². The van der Waals surface area contributed by atoms with Gasteiger partial charge in [-0.05, 0) is 24.6 Å². The van der Waals surface area contributed by atoms with Crippen LogP contribution < -0.4 is 4.74 Å². The predicted molar refractivity (Wildman–Crippen MR) is 109 cm³/mol. The number of piperidine rings is 1. The van der Waals surface area contributed by atoms with E-state index in [1.54, 1.807) is 6.07 Å². The number of para-hydroxylation sites is 1. The van der Waals surface area contributed by atoms with E-state index < -0.39 is 29.8 Å². The van der Waals surface area contributed by atoms with E-state index in [4.69, 9.17) is 4.74 Å². The second-order valence-corrected chi connectivity index (χ2v) is 7.29. The fraction of sp³-hybridized carbons (Fsp3) is 0.286. The van der Waals surface area contributed by atoms with Crippen molar-refractivity contribution >= 4 is 11.9 Å². The molecule has 3 aromatic rings. The summed E-state index contributed by atoms with van der Waals surface area (Å²) >= 11 is 0. The summed E-state index contributed by atoms with van der Waals surface area (Å²) in [6, 6.07) is 4.73. The molecule has 1 aromatic carbocycles. The Balaban J connectivity index is 1.70. The first-order valence-corrected chi connectivity index (χ1v) is 9.82. The van der Waals surface area contributed by atoms with Gasteiger partial charge in [0.15, 0.2) is 11.6 Å². The number of nitrogens with zero attached hydrogens (tertiary/aromatic N) is 5. The monoisotopic (exact) mass is 441 g/mol. The number of likely N-dealkylation sites (tertiary alicyclic amines) is 1. The van der Waals surface area contributed by atoms with Crippen LogP contribution in [0.1, 0.15) is 23.2 Å². The van der Waals surface area contributed by atoms with E-state index in [1.165, 1.54) is 53.5 Å². The number of aliphatic carboxylic acids is 1. The lowest BCUT2D eigenvalue weighted by atomic mass is 9.98. The van der Waals surface area contributed by atoms with Crippen molar-refractivity contribution in [2.24, 2.45) is 0 Å². The predicted octanol–water partition coefficient (Wildman–Crippen LogP) is 1.53. The molecule has 0 aliphatic carbocycles. The Labute approximate surface area is 181 Å². The second kappa shape index (κ2) is 8.71. The zero-order valence-corrected chi connectivity index (χ0v) is 17.1. The number of hydrogen-bond donors (Lipinski definition) is 2. The molecule has 2 atom stereocenters. The molecule has 4 rings (SSSR count). The fourth-order valence-corrected chi connectivity index (χ4v) is 3.75. The zero-order valence-electron chi connectivity index (χ0n) is 17.1. The third-order valence-corrected chi connectivity index (χ3v) is 5.34. The summed E-state index contributed by atoms with van der Waals surface area (Å²) in [6.07, 6.45) is 3.77. The summed E-state index contributed by atoms with van der Waals surface area (Å²) in [7, 11) is 1.35. The normalized spacial score (nSPS) is 18.4. The van der Waals surface area contributed by atoms with E-state index >= 15 is 0 Å². The van der Waals surface area contributed by atoms with Crippen LogP contribution in [0.5, 0.6) is 5.75 Å². The van der Waals surface area contributed by atoms with Crippen LogP contribution in [0.25, 0.3) is 16.9 Å². The maximum atomic E-state index is 14.1. The SMILES string of the molecule is COc1c(F)cccc1-c1cn(-c2cnccc2C(=O)N2CC[C@@H](O)C[C@H]2C(=O)O)nn1. The number of hydrogen-bond acceptors (Lipinski definition) is 7. The molecule has 11 heteroatoms. The van der Waals surface area contributed by atoms with Gasteiger partial charge in [0, 0.05) is 24.7 Å². The van der Waals surface area contributed by atoms with Crippen LogP contribution in [0, 0.1) is 5.82 Å². The number of benzene rings is 1. The summed E-state index contributed by atoms with van der Waals surface area (Å²) in [6.45, 7) is 0.0990. The van der Waals surface area contributed by atoms with Crippen molar-refractivity contribution in [3.63, 3.8) is 0 Å². The Bertz CT molecular complexity index is 1170. The van der Waals surface area contributed by atoms with Gasteiger partial charge in [-0.2, -0.15) is 0 Å². The van der Waals surface area contributed by atoms with E-state index in [0.29, 0.717) is 11.3 Å². The van der Waals surface area contributed by atoms with Crippen LogP contribution in [-0.2, 0) is 4.79 Å². The van der Waals surface area contributed by atoms with Gasteiger partial charge in [0.2, 0.25) is 0 Å². The smallest absolute Gasteiger partial charge is 0.326 e. The average molecular weight is 441 g/mol. The first kappa shape index (κ1) is 21.4. The Morgan fingerprint density at radius 2 is 2.09 bits per heavy atom. The number of rotatable bonds is 5. The molecule has 0 bridgehead atoms. The highest BCUT2D eigenvalue weighted by molar-refractivity contribution is 5.99. The van der Waals surface area contributed by atoms with Crippen LogP contribution >= 0.6 is 0 Å². The van der Waals surface area contributed by atoms with Crippen molar-refractivity contribution < 1.29 is 28.9 Å². The lowest BCUT2D eigenvalue weighted by Gasteiger charge is -2.35. The molecule has 10 nitrogen and oxygen atoms in total. The van der Waals surface area contributed by atoms with Gasteiger partial charge in [-0.25, -0.2) is 13.9 Å². The molecule has 2 aromatic heterocycles. The zero-order chi connectivity index (χ0) is 22.8. The molecule has 1 aliphatic heterocycles. The molecular formula is C21H20FN5O5. The largest absolute Gasteiger partial charge is 0.493 e. The van der Waals surface area contributed by atoms with E-state index in [1.807, 2.05) is 0 Å². The van der Waals surface area contributed by atoms with Crippen molar-refractivity contribution in [1.29, 1.82) is 0 Å². The number of aliphatic hydroxyl groups is 1. The lowest BCUT2D eigenvalue weighted by Crippen LogP contribution is -2.51. The molecule has 0 radical (unpaired) electrons. The molecule has 1 fully saturated rings. The van der Waals surface area contributed by atoms with Crippen molar-refractivity contribution in [2.45, 2.75) is 25.0 Å². The number of methoxy groups -OCH3 is 1. The Kier molecular flexibility index (Phi) is 5.82. The number of carboxylic acid groups (broad SMARTS) is 1. The van der Waals surface area contributed by atoms with Gasteiger partial charge in [0.25, 0.3) is 5.91 Å². The molecule has 32 heavy (non-hydrogen) atoms. The maximum absolute atomic E-state index is 14.1. The number of aromatic nitrogens is 4. The number of carboxylic acids is 1. The Morgan fingerprint density at radius 3 is 2.84 bits per heavy atom. The van der Waals surface area contributed by atoms with Gasteiger partial charge in [-0.3, -0.25) is 9.78 Å². The number of amides is 1. The summed E-state index contributed by atoms with van der Waals surface area (Å²) in [5.41, 5.74) is 1.15. The molecule has 2 N–H and O–H groups in total. The number of pyridine rings is 1. The third-order valence-electron chi connectivity index (χ3n) is 5.34. The Morgan fingerprint density at radius 1 is 1.28 bits per heavy atom. The van der Waals surface area contributed by atoms with E-state index in [-0.39, 0.29) is 36.4 Å². The van der Waals surface area contributed by atoms with Gasteiger partial charge in [-0.15, -0.1) is 5.10 Å². The first-order chi connectivity index (χ1) is 15.4. The standard InChI is InChI=1S/C21H20FN5O5/c1-32-19-13(3-2-4-15(19)22)16-11-27(25-24-16)18-10-23-7-5-14(18)20(29)26-8-6-12(28)9-17(26)21(30)31/h2-5,7,10-12,17,28H,6,8-9H2,1H3,(H,30,31)/t12-,17+/m1/s1. The van der Waals surface area contributed by atoms with Crippen LogP contribution in [0.3, 0.4) is 0 Å². The van der Waals surface area contributed by atoms with E-state index in [9.17, 15) is 24.2 Å². The Hall–Kier alpha value is -3.86. The van der Waals surface area contributed by atoms with Crippen molar-refractivity contribution in [1.82, 2.24) is 24.9 Å². The molecule has 0 saturated carbocycles. The number of aliphatic hydroxyl groups excluding tert-OH is 1. The summed E-state index contributed by atoms with van der Waals surface area (Å²) in [5, 5.41) is 27.5. The lowest BCUT2D eigenvalue weighted by molar-refractivity contribution is -0.145. The highest BCUT2D eigenvalue weighted by Gasteiger charge is 2.36. The van der Waals surface area contributed by atoms with Crippen molar-refractivity contribution in [3.8, 4) is 22.7 Å². The van der Waals surface area contributed by atoms with Gasteiger partial charge in [0.1, 0.15) is 11.7 Å². The van der Waals surface area contributed by atoms with Gasteiger partial charge in [0.05, 0.1) is 36.9 Å². The minimum absolute atomic E-state index is 0.0122. The van der Waals surface area contributed by atoms with Crippen LogP contribution in [0.15, 0.2) is 42.9 Å². The molecule has 166 valence electrons. The average Bonchev–Trinajstić information content (AvgIpc) is 3.28. The van der Waals surface area contributed by atoms with Gasteiger partial charge >= 0.3 is 5.97 Å². The second-order valence-electron chi connectivity index (χ2n) is 7.29. The number of carbonyl (C=O) groups excluding carboxylic acids is 1. The molecule has 0 unspecified atom stereocenters. The minimum Gasteiger partial charge on any atom is -0.493 e. The molecule has 1 amide bonds. The molecular weight excluding hydrogens is 421 g/mol. The van der Waals surface area contributed by atoms with Crippen molar-refractivity contribution in [2.75, 3.05) is 13.7 Å². The van der Waals surface area contributed by atoms with Crippen LogP contribution in [0.4, 0.5) is 4.39 Å². The maximum Gasteiger partial charge on any atom is 0.326 e. The van der Waals surface area contributed by atoms with E-state index in [0.717, 1.165) is 0 Å². The van der Waals surface area contributed by atoms with Crippen LogP contribution in [-0.4, -0.2) is 72.8 Å². The molecule has 3 heterocycles. The number of ether oxygens (including phenoxy) is 1. The highest BCUT2D eigenvalue weighted by atomic mass is 19.1. The topological polar surface area (TPSA) is 131 Å². The summed E-state index contributed by atoms with van der Waals surface area (Å²) in [5.74, 6) is -2.25. The molecule has 1 saturated heterocycles. The third kappa shape index (κ3) is 3.89. The summed E-state index contributed by atoms with van der Waals surface area (Å²) in [4.78, 5) is 30.2. The minimum atomic E-state index is -1.19. The first-order valence-electron chi connectivity index (χ1n) is 9.82. The fourth-order valence-electron chi connectivity index (χ4n) is 3.75. The quantitative estimate of drug-likeness (QED) is 0.610.